The molecule has 34 heavy (non-hydrogen) atoms. The molecule has 0 aliphatic heterocycles. The lowest BCUT2D eigenvalue weighted by molar-refractivity contribution is 0.252. The molecule has 4 N–H and O–H groups in total. The van der Waals surface area contributed by atoms with Gasteiger partial charge in [-0.3, -0.25) is 0 Å². The molecule has 0 fully saturated rings. The van der Waals surface area contributed by atoms with Gasteiger partial charge in [0, 0.05) is 12.1 Å². The van der Waals surface area contributed by atoms with Crippen molar-refractivity contribution in [1.82, 2.24) is 15.1 Å². The van der Waals surface area contributed by atoms with Crippen LogP contribution in [-0.2, 0) is 6.42 Å². The van der Waals surface area contributed by atoms with Gasteiger partial charge < -0.3 is 25.8 Å². The van der Waals surface area contributed by atoms with Crippen LogP contribution in [0.2, 0.25) is 0 Å². The Bertz CT molecular complexity index is 1260. The first-order valence-electron chi connectivity index (χ1n) is 10.9. The summed E-state index contributed by atoms with van der Waals surface area (Å²) in [6, 6.07) is 24.5. The number of methoxy groups -OCH3 is 2. The van der Waals surface area contributed by atoms with E-state index in [4.69, 9.17) is 15.2 Å². The van der Waals surface area contributed by atoms with E-state index in [1.165, 1.54) is 0 Å². The monoisotopic (exact) mass is 457 g/mol. The molecule has 0 aliphatic rings. The molecule has 0 saturated carbocycles. The molecule has 174 valence electrons. The zero-order valence-electron chi connectivity index (χ0n) is 19.1. The van der Waals surface area contributed by atoms with Crippen LogP contribution in [0.15, 0.2) is 78.9 Å². The molecule has 4 rings (SSSR count). The highest BCUT2D eigenvalue weighted by Gasteiger charge is 2.20. The average Bonchev–Trinajstić information content (AvgIpc) is 3.20. The minimum atomic E-state index is -0.364. The van der Waals surface area contributed by atoms with Crippen LogP contribution in [0.25, 0.3) is 16.9 Å². The van der Waals surface area contributed by atoms with Gasteiger partial charge in [0.15, 0.2) is 17.3 Å². The fourth-order valence-electron chi connectivity index (χ4n) is 3.63. The molecule has 2 amide bonds. The Labute approximate surface area is 198 Å². The lowest BCUT2D eigenvalue weighted by atomic mass is 10.1. The normalized spacial score (nSPS) is 10.5. The number of benzene rings is 3. The van der Waals surface area contributed by atoms with Gasteiger partial charge in [0.1, 0.15) is 11.4 Å². The summed E-state index contributed by atoms with van der Waals surface area (Å²) in [4.78, 5) is 12.7. The summed E-state index contributed by atoms with van der Waals surface area (Å²) >= 11 is 0. The van der Waals surface area contributed by atoms with Gasteiger partial charge >= 0.3 is 6.03 Å². The predicted molar refractivity (Wildman–Crippen MR) is 134 cm³/mol. The van der Waals surface area contributed by atoms with Gasteiger partial charge in [-0.2, -0.15) is 5.10 Å². The van der Waals surface area contributed by atoms with Gasteiger partial charge in [0.2, 0.25) is 0 Å². The van der Waals surface area contributed by atoms with Crippen molar-refractivity contribution in [1.29, 1.82) is 0 Å². The number of amides is 2. The van der Waals surface area contributed by atoms with E-state index in [-0.39, 0.29) is 6.03 Å². The summed E-state index contributed by atoms with van der Waals surface area (Å²) in [5, 5.41) is 10.5. The van der Waals surface area contributed by atoms with Gasteiger partial charge in [0.05, 0.1) is 19.9 Å². The molecule has 0 aliphatic carbocycles. The van der Waals surface area contributed by atoms with Crippen molar-refractivity contribution >= 4 is 17.5 Å². The van der Waals surface area contributed by atoms with E-state index in [9.17, 15) is 4.79 Å². The Morgan fingerprint density at radius 2 is 1.62 bits per heavy atom. The molecule has 1 aromatic heterocycles. The summed E-state index contributed by atoms with van der Waals surface area (Å²) in [5.41, 5.74) is 10.2. The van der Waals surface area contributed by atoms with Gasteiger partial charge in [-0.25, -0.2) is 9.48 Å². The number of carbonyl (C=O) groups excluding carboxylic acids is 1. The number of carbonyl (C=O) groups is 1. The Morgan fingerprint density at radius 1 is 0.941 bits per heavy atom. The second-order valence-electron chi connectivity index (χ2n) is 7.54. The van der Waals surface area contributed by atoms with Crippen LogP contribution in [0.3, 0.4) is 0 Å². The first-order chi connectivity index (χ1) is 16.6. The molecule has 1 heterocycles. The van der Waals surface area contributed by atoms with Crippen molar-refractivity contribution in [2.24, 2.45) is 0 Å². The molecule has 0 spiro atoms. The number of nitrogens with two attached hydrogens (primary N) is 1. The van der Waals surface area contributed by atoms with Gasteiger partial charge in [-0.1, -0.05) is 54.6 Å². The number of urea groups is 1. The van der Waals surface area contributed by atoms with E-state index in [1.54, 1.807) is 18.9 Å². The Kier molecular flexibility index (Phi) is 6.98. The Morgan fingerprint density at radius 3 is 2.29 bits per heavy atom. The van der Waals surface area contributed by atoms with Crippen LogP contribution < -0.4 is 25.8 Å². The third kappa shape index (κ3) is 4.96. The third-order valence-electron chi connectivity index (χ3n) is 5.35. The molecule has 8 nitrogen and oxygen atoms in total. The van der Waals surface area contributed by atoms with E-state index in [0.717, 1.165) is 16.8 Å². The topological polar surface area (TPSA) is 103 Å². The highest BCUT2D eigenvalue weighted by molar-refractivity contribution is 5.97. The third-order valence-corrected chi connectivity index (χ3v) is 5.35. The molecule has 0 bridgehead atoms. The van der Waals surface area contributed by atoms with E-state index in [2.05, 4.69) is 15.7 Å². The first-order valence-corrected chi connectivity index (χ1v) is 10.9. The molecule has 0 atom stereocenters. The summed E-state index contributed by atoms with van der Waals surface area (Å²) in [7, 11) is 3.19. The SMILES string of the molecule is COc1ccc(CCNC(=O)Nc2c(-c3ccccc3)nn(-c3ccccc3)c2N)cc1OC. The summed E-state index contributed by atoms with van der Waals surface area (Å²) < 4.78 is 12.2. The number of aromatic nitrogens is 2. The molecular weight excluding hydrogens is 430 g/mol. The maximum atomic E-state index is 12.7. The number of anilines is 2. The molecule has 0 radical (unpaired) electrons. The van der Waals surface area contributed by atoms with E-state index >= 15 is 0 Å². The van der Waals surface area contributed by atoms with Gasteiger partial charge in [-0.15, -0.1) is 0 Å². The molecule has 0 saturated heterocycles. The number of rotatable bonds is 8. The maximum Gasteiger partial charge on any atom is 0.319 e. The molecule has 3 aromatic carbocycles. The molecule has 8 heteroatoms. The molecule has 0 unspecified atom stereocenters. The van der Waals surface area contributed by atoms with Crippen molar-refractivity contribution in [3.05, 3.63) is 84.4 Å². The van der Waals surface area contributed by atoms with Crippen LogP contribution in [-0.4, -0.2) is 36.6 Å². The van der Waals surface area contributed by atoms with E-state index in [0.29, 0.717) is 41.7 Å². The standard InChI is InChI=1S/C26H27N5O3/c1-33-21-14-13-18(17-22(21)34-2)15-16-28-26(32)29-24-23(19-9-5-3-6-10-19)30-31(25(24)27)20-11-7-4-8-12-20/h3-14,17H,15-16,27H2,1-2H3,(H2,28,29,32). The Balaban J connectivity index is 1.50. The lowest BCUT2D eigenvalue weighted by Crippen LogP contribution is -2.30. The highest BCUT2D eigenvalue weighted by Crippen LogP contribution is 2.34. The van der Waals surface area contributed by atoms with Crippen LogP contribution >= 0.6 is 0 Å². The zero-order chi connectivity index (χ0) is 23.9. The second kappa shape index (κ2) is 10.4. The number of hydrogen-bond donors (Lipinski definition) is 3. The van der Waals surface area contributed by atoms with Crippen LogP contribution in [0.5, 0.6) is 11.5 Å². The van der Waals surface area contributed by atoms with Crippen molar-refractivity contribution < 1.29 is 14.3 Å². The smallest absolute Gasteiger partial charge is 0.319 e. The largest absolute Gasteiger partial charge is 0.493 e. The Hall–Kier alpha value is -4.46. The van der Waals surface area contributed by atoms with Gasteiger partial charge in [0.25, 0.3) is 0 Å². The number of hydrogen-bond acceptors (Lipinski definition) is 5. The zero-order valence-corrected chi connectivity index (χ0v) is 19.1. The summed E-state index contributed by atoms with van der Waals surface area (Å²) in [6.45, 7) is 0.425. The van der Waals surface area contributed by atoms with Crippen molar-refractivity contribution in [2.45, 2.75) is 6.42 Å². The summed E-state index contributed by atoms with van der Waals surface area (Å²) in [6.07, 6.45) is 0.623. The van der Waals surface area contributed by atoms with Gasteiger partial charge in [-0.05, 0) is 36.2 Å². The highest BCUT2D eigenvalue weighted by atomic mass is 16.5. The molecular formula is C26H27N5O3. The van der Waals surface area contributed by atoms with Crippen molar-refractivity contribution in [2.75, 3.05) is 31.8 Å². The maximum absolute atomic E-state index is 12.7. The number of para-hydroxylation sites is 1. The van der Waals surface area contributed by atoms with Crippen LogP contribution in [0.4, 0.5) is 16.3 Å². The first kappa shape index (κ1) is 22.7. The summed E-state index contributed by atoms with van der Waals surface area (Å²) in [5.74, 6) is 1.66. The second-order valence-corrected chi connectivity index (χ2v) is 7.54. The van der Waals surface area contributed by atoms with Crippen molar-refractivity contribution in [3.63, 3.8) is 0 Å². The predicted octanol–water partition coefficient (Wildman–Crippen LogP) is 4.50. The van der Waals surface area contributed by atoms with Crippen LogP contribution in [0, 0.1) is 0 Å². The lowest BCUT2D eigenvalue weighted by Gasteiger charge is -2.11. The minimum Gasteiger partial charge on any atom is -0.493 e. The minimum absolute atomic E-state index is 0.347. The van der Waals surface area contributed by atoms with Crippen LogP contribution in [0.1, 0.15) is 5.56 Å². The number of ether oxygens (including phenoxy) is 2. The number of nitrogens with zero attached hydrogens (tertiary/aromatic N) is 2. The fraction of sp³-hybridized carbons (Fsp3) is 0.154. The number of nitrogen functional groups attached to an aromatic ring is 1. The number of nitrogens with one attached hydrogen (secondary N) is 2. The van der Waals surface area contributed by atoms with E-state index in [1.807, 2.05) is 78.9 Å². The van der Waals surface area contributed by atoms with Crippen molar-refractivity contribution in [3.8, 4) is 28.4 Å². The fourth-order valence-corrected chi connectivity index (χ4v) is 3.63. The quantitative estimate of drug-likeness (QED) is 0.361. The van der Waals surface area contributed by atoms with E-state index < -0.39 is 0 Å². The molecule has 4 aromatic rings. The average molecular weight is 458 g/mol.